The van der Waals surface area contributed by atoms with E-state index in [1.54, 1.807) is 0 Å². The van der Waals surface area contributed by atoms with Crippen LogP contribution in [0.25, 0.3) is 0 Å². The van der Waals surface area contributed by atoms with E-state index < -0.39 is 6.10 Å². The molecule has 0 aromatic carbocycles. The topological polar surface area (TPSA) is 78.9 Å². The van der Waals surface area contributed by atoms with Gasteiger partial charge in [-0.2, -0.15) is 0 Å². The molecule has 6 heteroatoms. The third kappa shape index (κ3) is 52.4. The lowest BCUT2D eigenvalue weighted by molar-refractivity contribution is -0.167. The highest BCUT2D eigenvalue weighted by Crippen LogP contribution is 2.13. The molecule has 1 atom stereocenters. The molecule has 376 valence electrons. The number of rotatable bonds is 46. The molecule has 0 amide bonds. The van der Waals surface area contributed by atoms with Crippen molar-refractivity contribution in [1.29, 1.82) is 0 Å². The van der Waals surface area contributed by atoms with Crippen molar-refractivity contribution in [3.05, 3.63) is 134 Å². The molecule has 0 fully saturated rings. The predicted octanol–water partition coefficient (Wildman–Crippen LogP) is 17.9. The number of carbonyl (C=O) groups is 3. The van der Waals surface area contributed by atoms with E-state index in [2.05, 4.69) is 118 Å². The van der Waals surface area contributed by atoms with E-state index in [-0.39, 0.29) is 31.1 Å². The smallest absolute Gasteiger partial charge is 0.306 e. The van der Waals surface area contributed by atoms with Crippen LogP contribution in [0.2, 0.25) is 0 Å². The standard InChI is InChI=1S/C61H96O6/c1-4-7-10-13-16-19-22-25-27-29-30-32-33-36-39-42-45-48-51-54-60(63)66-57-58(56-65-59(62)53-50-47-44-41-38-35-24-21-18-15-12-9-6-3)67-61(64)55-52-49-46-43-40-37-34-31-28-26-23-20-17-14-11-8-5-2/h7,9-10,12,15-21,24-28,30,32,35-36,38-39,58H,4-6,8,11,13-14,22-23,29,31,33-34,37,40-57H2,1-3H3/b10-7+,12-9+,18-15+,19-16+,20-17+,24-21+,27-25+,28-26+,32-30+,38-35+,39-36+. The lowest BCUT2D eigenvalue weighted by Crippen LogP contribution is -2.30. The van der Waals surface area contributed by atoms with Crippen molar-refractivity contribution in [1.82, 2.24) is 0 Å². The van der Waals surface area contributed by atoms with Gasteiger partial charge >= 0.3 is 17.9 Å². The molecule has 67 heavy (non-hydrogen) atoms. The zero-order chi connectivity index (χ0) is 48.6. The zero-order valence-corrected chi connectivity index (χ0v) is 42.9. The maximum atomic E-state index is 12.8. The molecule has 0 aromatic heterocycles. The first-order chi connectivity index (χ1) is 33.0. The second kappa shape index (κ2) is 54.2. The van der Waals surface area contributed by atoms with Crippen LogP contribution in [-0.4, -0.2) is 37.2 Å². The first-order valence-electron chi connectivity index (χ1n) is 26.7. The first kappa shape index (κ1) is 62.5. The number of hydrogen-bond donors (Lipinski definition) is 0. The van der Waals surface area contributed by atoms with E-state index >= 15 is 0 Å². The summed E-state index contributed by atoms with van der Waals surface area (Å²) in [5, 5.41) is 0. The predicted molar refractivity (Wildman–Crippen MR) is 288 cm³/mol. The second-order valence-corrected chi connectivity index (χ2v) is 17.1. The molecular formula is C61H96O6. The van der Waals surface area contributed by atoms with Gasteiger partial charge in [-0.3, -0.25) is 14.4 Å². The largest absolute Gasteiger partial charge is 0.462 e. The fourth-order valence-electron chi connectivity index (χ4n) is 6.74. The normalized spacial score (nSPS) is 13.2. The van der Waals surface area contributed by atoms with Gasteiger partial charge in [0, 0.05) is 19.3 Å². The molecule has 0 spiro atoms. The molecule has 0 saturated carbocycles. The molecule has 0 rings (SSSR count). The summed E-state index contributed by atoms with van der Waals surface area (Å²) in [5.74, 6) is -1.00. The highest BCUT2D eigenvalue weighted by molar-refractivity contribution is 5.71. The quantitative estimate of drug-likeness (QED) is 0.0199. The summed E-state index contributed by atoms with van der Waals surface area (Å²) >= 11 is 0. The van der Waals surface area contributed by atoms with E-state index in [0.717, 1.165) is 122 Å². The number of esters is 3. The lowest BCUT2D eigenvalue weighted by Gasteiger charge is -2.18. The van der Waals surface area contributed by atoms with Crippen LogP contribution in [-0.2, 0) is 28.6 Å². The van der Waals surface area contributed by atoms with Crippen LogP contribution in [0.15, 0.2) is 134 Å². The summed E-state index contributed by atoms with van der Waals surface area (Å²) in [5.41, 5.74) is 0. The van der Waals surface area contributed by atoms with Gasteiger partial charge in [-0.25, -0.2) is 0 Å². The Morgan fingerprint density at radius 1 is 0.328 bits per heavy atom. The van der Waals surface area contributed by atoms with E-state index in [9.17, 15) is 14.4 Å². The fraction of sp³-hybridized carbons (Fsp3) is 0.590. The molecule has 0 aliphatic heterocycles. The van der Waals surface area contributed by atoms with E-state index in [0.29, 0.717) is 19.3 Å². The number of unbranched alkanes of at least 4 members (excludes halogenated alkanes) is 16. The fourth-order valence-corrected chi connectivity index (χ4v) is 6.74. The van der Waals surface area contributed by atoms with Gasteiger partial charge in [-0.05, 0) is 116 Å². The van der Waals surface area contributed by atoms with Gasteiger partial charge in [0.25, 0.3) is 0 Å². The second-order valence-electron chi connectivity index (χ2n) is 17.1. The number of hydrogen-bond acceptors (Lipinski definition) is 6. The van der Waals surface area contributed by atoms with Crippen molar-refractivity contribution < 1.29 is 28.6 Å². The highest BCUT2D eigenvalue weighted by Gasteiger charge is 2.19. The van der Waals surface area contributed by atoms with Crippen molar-refractivity contribution in [2.45, 2.75) is 219 Å². The van der Waals surface area contributed by atoms with Crippen LogP contribution in [0.1, 0.15) is 213 Å². The molecule has 0 saturated heterocycles. The zero-order valence-electron chi connectivity index (χ0n) is 42.9. The first-order valence-corrected chi connectivity index (χ1v) is 26.7. The lowest BCUT2D eigenvalue weighted by atomic mass is 10.1. The molecule has 0 aromatic rings. The van der Waals surface area contributed by atoms with Crippen molar-refractivity contribution in [2.24, 2.45) is 0 Å². The maximum absolute atomic E-state index is 12.8. The molecule has 0 radical (unpaired) electrons. The minimum absolute atomic E-state index is 0.116. The SMILES string of the molecule is CC/C=C/C=C/C=C/C=C/CCCCCC(=O)OCC(COC(=O)CCCCC/C=C/C/C=C/C/C=C/C/C=C/C/C=C/CC)OC(=O)CCCCCCCCC/C=C/C/C=C/CCCCC. The Morgan fingerprint density at radius 3 is 1.10 bits per heavy atom. The molecular weight excluding hydrogens is 829 g/mol. The highest BCUT2D eigenvalue weighted by atomic mass is 16.6. The van der Waals surface area contributed by atoms with Crippen LogP contribution in [0.4, 0.5) is 0 Å². The molecule has 1 unspecified atom stereocenters. The Morgan fingerprint density at radius 2 is 0.657 bits per heavy atom. The minimum atomic E-state index is -0.817. The Balaban J connectivity index is 4.53. The van der Waals surface area contributed by atoms with Crippen molar-refractivity contribution in [3.63, 3.8) is 0 Å². The van der Waals surface area contributed by atoms with Crippen LogP contribution < -0.4 is 0 Å². The molecule has 0 aliphatic rings. The molecule has 0 aliphatic carbocycles. The van der Waals surface area contributed by atoms with Gasteiger partial charge in [0.1, 0.15) is 13.2 Å². The third-order valence-electron chi connectivity index (χ3n) is 10.7. The molecule has 0 N–H and O–H groups in total. The van der Waals surface area contributed by atoms with E-state index in [4.69, 9.17) is 14.2 Å². The van der Waals surface area contributed by atoms with Crippen LogP contribution in [0.3, 0.4) is 0 Å². The Labute approximate surface area is 411 Å². The Bertz CT molecular complexity index is 1480. The van der Waals surface area contributed by atoms with Crippen molar-refractivity contribution >= 4 is 17.9 Å². The van der Waals surface area contributed by atoms with Gasteiger partial charge in [0.05, 0.1) is 0 Å². The van der Waals surface area contributed by atoms with Crippen molar-refractivity contribution in [3.8, 4) is 0 Å². The summed E-state index contributed by atoms with van der Waals surface area (Å²) in [7, 11) is 0. The number of ether oxygens (including phenoxy) is 3. The van der Waals surface area contributed by atoms with Gasteiger partial charge in [0.2, 0.25) is 0 Å². The minimum Gasteiger partial charge on any atom is -0.462 e. The summed E-state index contributed by atoms with van der Waals surface area (Å²) < 4.78 is 16.8. The van der Waals surface area contributed by atoms with Crippen molar-refractivity contribution in [2.75, 3.05) is 13.2 Å². The molecule has 0 bridgehead atoms. The summed E-state index contributed by atoms with van der Waals surface area (Å²) in [6.45, 7) is 6.27. The summed E-state index contributed by atoms with van der Waals surface area (Å²) in [6, 6.07) is 0. The van der Waals surface area contributed by atoms with Gasteiger partial charge < -0.3 is 14.2 Å². The maximum Gasteiger partial charge on any atom is 0.306 e. The number of carbonyl (C=O) groups excluding carboxylic acids is 3. The van der Waals surface area contributed by atoms with Crippen LogP contribution >= 0.6 is 0 Å². The van der Waals surface area contributed by atoms with Gasteiger partial charge in [0.15, 0.2) is 6.10 Å². The van der Waals surface area contributed by atoms with Gasteiger partial charge in [-0.1, -0.05) is 212 Å². The third-order valence-corrected chi connectivity index (χ3v) is 10.7. The number of allylic oxidation sites excluding steroid dienone is 22. The molecule has 6 nitrogen and oxygen atoms in total. The molecule has 0 heterocycles. The van der Waals surface area contributed by atoms with E-state index in [1.807, 2.05) is 36.5 Å². The Kier molecular flexibility index (Phi) is 50.6. The van der Waals surface area contributed by atoms with Crippen LogP contribution in [0, 0.1) is 0 Å². The van der Waals surface area contributed by atoms with Crippen LogP contribution in [0.5, 0.6) is 0 Å². The average molecular weight is 925 g/mol. The summed E-state index contributed by atoms with van der Waals surface area (Å²) in [6.07, 6.45) is 75.8. The Hall–Kier alpha value is -4.45. The van der Waals surface area contributed by atoms with E-state index in [1.165, 1.54) is 51.4 Å². The van der Waals surface area contributed by atoms with Gasteiger partial charge in [-0.15, -0.1) is 0 Å². The summed E-state index contributed by atoms with van der Waals surface area (Å²) in [4.78, 5) is 38.0. The monoisotopic (exact) mass is 925 g/mol. The average Bonchev–Trinajstić information content (AvgIpc) is 3.33.